The first-order valence-electron chi connectivity index (χ1n) is 8.59. The minimum Gasteiger partial charge on any atom is -0.465 e. The topological polar surface area (TPSA) is 98.9 Å². The van der Waals surface area contributed by atoms with Crippen LogP contribution in [0.4, 0.5) is 5.69 Å². The fourth-order valence-electron chi connectivity index (χ4n) is 3.90. The number of hydrogen-bond donors (Lipinski definition) is 0. The van der Waals surface area contributed by atoms with Crippen LogP contribution in [0.2, 0.25) is 0 Å². The van der Waals surface area contributed by atoms with Crippen molar-refractivity contribution < 1.29 is 19.2 Å². The number of carbonyl (C=O) groups is 2. The van der Waals surface area contributed by atoms with Gasteiger partial charge in [-0.05, 0) is 31.9 Å². The van der Waals surface area contributed by atoms with Gasteiger partial charge in [0, 0.05) is 23.8 Å². The van der Waals surface area contributed by atoms with Gasteiger partial charge in [0.25, 0.3) is 5.69 Å². The number of aliphatic imine (C=N–C) groups is 1. The van der Waals surface area contributed by atoms with Gasteiger partial charge in [-0.1, -0.05) is 18.2 Å². The van der Waals surface area contributed by atoms with E-state index < -0.39 is 28.6 Å². The first kappa shape index (κ1) is 18.0. The number of benzene rings is 1. The maximum Gasteiger partial charge on any atom is 0.315 e. The lowest BCUT2D eigenvalue weighted by Gasteiger charge is -2.40. The molecule has 1 heterocycles. The summed E-state index contributed by atoms with van der Waals surface area (Å²) in [6.45, 7) is 3.74. The van der Waals surface area contributed by atoms with E-state index in [9.17, 15) is 19.7 Å². The fraction of sp³-hybridized carbons (Fsp3) is 0.421. The van der Waals surface area contributed by atoms with E-state index in [0.29, 0.717) is 17.7 Å². The summed E-state index contributed by atoms with van der Waals surface area (Å²) in [6, 6.07) is 5.82. The predicted molar refractivity (Wildman–Crippen MR) is 95.1 cm³/mol. The molecule has 0 bridgehead atoms. The molecule has 0 N–H and O–H groups in total. The molecule has 1 aromatic carbocycles. The number of hydrogen-bond acceptors (Lipinski definition) is 6. The van der Waals surface area contributed by atoms with Crippen LogP contribution < -0.4 is 0 Å². The molecule has 1 aromatic rings. The monoisotopic (exact) mass is 356 g/mol. The maximum atomic E-state index is 12.6. The van der Waals surface area contributed by atoms with Crippen molar-refractivity contribution in [1.82, 2.24) is 0 Å². The largest absolute Gasteiger partial charge is 0.465 e. The van der Waals surface area contributed by atoms with Gasteiger partial charge >= 0.3 is 5.97 Å². The molecule has 0 fully saturated rings. The molecule has 1 aliphatic heterocycles. The maximum absolute atomic E-state index is 12.6. The van der Waals surface area contributed by atoms with Crippen LogP contribution in [0.1, 0.15) is 31.7 Å². The van der Waals surface area contributed by atoms with Crippen LogP contribution in [0.3, 0.4) is 0 Å². The van der Waals surface area contributed by atoms with Gasteiger partial charge in [-0.25, -0.2) is 0 Å². The normalized spacial score (nSPS) is 27.5. The Hall–Kier alpha value is -2.83. The fourth-order valence-corrected chi connectivity index (χ4v) is 3.90. The number of fused-ring (bicyclic) bond motifs is 1. The molecule has 1 aliphatic carbocycles. The van der Waals surface area contributed by atoms with Gasteiger partial charge < -0.3 is 4.74 Å². The third-order valence-electron chi connectivity index (χ3n) is 5.00. The summed E-state index contributed by atoms with van der Waals surface area (Å²) < 4.78 is 5.22. The molecule has 3 rings (SSSR count). The zero-order valence-electron chi connectivity index (χ0n) is 14.6. The molecule has 0 saturated carbocycles. The highest BCUT2D eigenvalue weighted by Gasteiger charge is 2.48. The smallest absolute Gasteiger partial charge is 0.315 e. The number of ketones is 1. The zero-order chi connectivity index (χ0) is 18.8. The van der Waals surface area contributed by atoms with E-state index in [0.717, 1.165) is 0 Å². The summed E-state index contributed by atoms with van der Waals surface area (Å²) in [4.78, 5) is 40.3. The zero-order valence-corrected chi connectivity index (χ0v) is 14.6. The summed E-state index contributed by atoms with van der Waals surface area (Å²) in [5, 5.41) is 10.9. The van der Waals surface area contributed by atoms with Gasteiger partial charge in [0.1, 0.15) is 5.92 Å². The molecule has 4 atom stereocenters. The highest BCUT2D eigenvalue weighted by atomic mass is 16.6. The third-order valence-corrected chi connectivity index (χ3v) is 5.00. The first-order valence-corrected chi connectivity index (χ1v) is 8.59. The van der Waals surface area contributed by atoms with Crippen LogP contribution in [-0.4, -0.2) is 35.0 Å². The van der Waals surface area contributed by atoms with E-state index in [1.807, 2.05) is 0 Å². The van der Waals surface area contributed by atoms with Crippen molar-refractivity contribution in [2.75, 3.05) is 6.61 Å². The molecule has 0 radical (unpaired) electrons. The second kappa shape index (κ2) is 7.19. The van der Waals surface area contributed by atoms with Crippen LogP contribution in [-0.2, 0) is 14.3 Å². The number of non-ortho nitro benzene ring substituents is 1. The number of nitro benzene ring substituents is 1. The quantitative estimate of drug-likeness (QED) is 0.469. The van der Waals surface area contributed by atoms with Crippen molar-refractivity contribution in [3.05, 3.63) is 52.1 Å². The van der Waals surface area contributed by atoms with Crippen molar-refractivity contribution >= 4 is 23.2 Å². The SMILES string of the molecule is CCOC(=O)[C@H]1C(C)=N[C@@H]2CC=CC(=O)[C@@H]2[C@@H]1c1ccc([N+](=O)[O-])cc1. The number of rotatable bonds is 4. The summed E-state index contributed by atoms with van der Waals surface area (Å²) in [7, 11) is 0. The Bertz CT molecular complexity index is 797. The van der Waals surface area contributed by atoms with Gasteiger partial charge in [-0.15, -0.1) is 0 Å². The van der Waals surface area contributed by atoms with Crippen molar-refractivity contribution in [1.29, 1.82) is 0 Å². The standard InChI is InChI=1S/C19H20N2O5/c1-3-26-19(23)16-11(2)20-14-5-4-6-15(22)18(14)17(16)12-7-9-13(10-8-12)21(24)25/h4,6-10,14,16-18H,3,5H2,1-2H3/t14-,16+,17-,18-/m1/s1. The number of ether oxygens (including phenoxy) is 1. The Labute approximate surface area is 150 Å². The minimum atomic E-state index is -0.673. The molecule has 2 aliphatic rings. The van der Waals surface area contributed by atoms with Gasteiger partial charge in [0.15, 0.2) is 5.78 Å². The van der Waals surface area contributed by atoms with Crippen LogP contribution in [0.15, 0.2) is 41.4 Å². The molecule has 0 unspecified atom stereocenters. The van der Waals surface area contributed by atoms with Gasteiger partial charge in [-0.2, -0.15) is 0 Å². The van der Waals surface area contributed by atoms with Crippen molar-refractivity contribution in [2.24, 2.45) is 16.8 Å². The van der Waals surface area contributed by atoms with E-state index in [-0.39, 0.29) is 24.1 Å². The number of allylic oxidation sites excluding steroid dienone is 1. The molecule has 0 saturated heterocycles. The average Bonchev–Trinajstić information content (AvgIpc) is 2.61. The molecule has 0 spiro atoms. The molecule has 7 nitrogen and oxygen atoms in total. The Morgan fingerprint density at radius 2 is 2.00 bits per heavy atom. The number of esters is 1. The van der Waals surface area contributed by atoms with Crippen molar-refractivity contribution in [2.45, 2.75) is 32.2 Å². The molecular formula is C19H20N2O5. The van der Waals surface area contributed by atoms with Gasteiger partial charge in [0.05, 0.1) is 23.5 Å². The minimum absolute atomic E-state index is 0.0333. The van der Waals surface area contributed by atoms with E-state index in [1.165, 1.54) is 18.2 Å². The molecule has 26 heavy (non-hydrogen) atoms. The van der Waals surface area contributed by atoms with Gasteiger partial charge in [0.2, 0.25) is 0 Å². The summed E-state index contributed by atoms with van der Waals surface area (Å²) in [5.74, 6) is -2.09. The van der Waals surface area contributed by atoms with E-state index in [2.05, 4.69) is 4.99 Å². The lowest BCUT2D eigenvalue weighted by Crippen LogP contribution is -2.46. The summed E-state index contributed by atoms with van der Waals surface area (Å²) in [5.41, 5.74) is 1.31. The third kappa shape index (κ3) is 3.16. The lowest BCUT2D eigenvalue weighted by molar-refractivity contribution is -0.384. The number of nitrogens with zero attached hydrogens (tertiary/aromatic N) is 2. The Morgan fingerprint density at radius 1 is 1.31 bits per heavy atom. The summed E-state index contributed by atoms with van der Waals surface area (Å²) in [6.07, 6.45) is 3.97. The first-order chi connectivity index (χ1) is 12.4. The number of nitro groups is 1. The lowest BCUT2D eigenvalue weighted by atomic mass is 9.66. The van der Waals surface area contributed by atoms with E-state index in [4.69, 9.17) is 4.74 Å². The second-order valence-electron chi connectivity index (χ2n) is 6.51. The van der Waals surface area contributed by atoms with Crippen LogP contribution >= 0.6 is 0 Å². The Morgan fingerprint density at radius 3 is 2.62 bits per heavy atom. The van der Waals surface area contributed by atoms with Crippen molar-refractivity contribution in [3.63, 3.8) is 0 Å². The van der Waals surface area contributed by atoms with Crippen molar-refractivity contribution in [3.8, 4) is 0 Å². The molecule has 0 aromatic heterocycles. The average molecular weight is 356 g/mol. The molecule has 0 amide bonds. The predicted octanol–water partition coefficient (Wildman–Crippen LogP) is 2.85. The van der Waals surface area contributed by atoms with Crippen LogP contribution in [0, 0.1) is 22.0 Å². The molecule has 136 valence electrons. The highest BCUT2D eigenvalue weighted by Crippen LogP contribution is 2.43. The second-order valence-corrected chi connectivity index (χ2v) is 6.51. The van der Waals surface area contributed by atoms with Crippen LogP contribution in [0.5, 0.6) is 0 Å². The highest BCUT2D eigenvalue weighted by molar-refractivity contribution is 6.05. The number of carbonyl (C=O) groups excluding carboxylic acids is 2. The van der Waals surface area contributed by atoms with E-state index in [1.54, 1.807) is 32.1 Å². The van der Waals surface area contributed by atoms with E-state index >= 15 is 0 Å². The Kier molecular flexibility index (Phi) is 4.97. The summed E-state index contributed by atoms with van der Waals surface area (Å²) >= 11 is 0. The molecule has 7 heteroatoms. The van der Waals surface area contributed by atoms with Crippen LogP contribution in [0.25, 0.3) is 0 Å². The Balaban J connectivity index is 2.09. The van der Waals surface area contributed by atoms with Gasteiger partial charge in [-0.3, -0.25) is 24.7 Å². The molecular weight excluding hydrogens is 336 g/mol.